The van der Waals surface area contributed by atoms with Crippen LogP contribution >= 0.6 is 35.2 Å². The molecule has 0 aliphatic carbocycles. The van der Waals surface area contributed by atoms with E-state index in [1.165, 1.54) is 0 Å². The number of ether oxygens (including phenoxy) is 1. The van der Waals surface area contributed by atoms with Crippen LogP contribution < -0.4 is 5.73 Å². The average molecular weight is 281 g/mol. The molecule has 0 aliphatic rings. The van der Waals surface area contributed by atoms with Gasteiger partial charge in [-0.1, -0.05) is 0 Å². The third-order valence-electron chi connectivity index (χ3n) is 0.971. The van der Waals surface area contributed by atoms with E-state index >= 15 is 0 Å². The number of halogens is 1. The molecule has 1 aromatic rings. The molecular formula is C5H2BrN2O3PS. The van der Waals surface area contributed by atoms with Crippen molar-refractivity contribution in [1.29, 1.82) is 0 Å². The molecule has 0 amide bonds. The first kappa shape index (κ1) is 10.5. The van der Waals surface area contributed by atoms with Crippen LogP contribution in [-0.4, -0.2) is 11.0 Å². The number of carbonyl (C=O) groups excluding carboxylic acids is 1. The normalized spacial score (nSPS) is 9.00. The Morgan fingerprint density at radius 3 is 2.92 bits per heavy atom. The molecule has 0 saturated heterocycles. The maximum atomic E-state index is 11.1. The van der Waals surface area contributed by atoms with Gasteiger partial charge in [-0.15, -0.1) is 0 Å². The van der Waals surface area contributed by atoms with Crippen molar-refractivity contribution in [3.05, 3.63) is 9.48 Å². The van der Waals surface area contributed by atoms with Crippen molar-refractivity contribution < 1.29 is 14.1 Å². The Hall–Kier alpha value is -0.610. The van der Waals surface area contributed by atoms with Gasteiger partial charge in [0, 0.05) is 0 Å². The molecule has 1 heterocycles. The zero-order chi connectivity index (χ0) is 9.84. The summed E-state index contributed by atoms with van der Waals surface area (Å²) in [5, 5.41) is 0.249. The molecule has 5 nitrogen and oxygen atoms in total. The Bertz CT molecular complexity index is 440. The first-order chi connectivity index (χ1) is 6.15. The average Bonchev–Trinajstić information content (AvgIpc) is 2.41. The quantitative estimate of drug-likeness (QED) is 0.627. The summed E-state index contributed by atoms with van der Waals surface area (Å²) in [5.74, 6) is 1.11. The summed E-state index contributed by atoms with van der Waals surface area (Å²) in [6.07, 6.45) is 0. The molecule has 68 valence electrons. The molecule has 1 rings (SSSR count). The van der Waals surface area contributed by atoms with Crippen LogP contribution in [0.5, 0.6) is 0 Å². The molecule has 0 aromatic carbocycles. The Morgan fingerprint density at radius 2 is 2.46 bits per heavy atom. The minimum atomic E-state index is -0.747. The van der Waals surface area contributed by atoms with Gasteiger partial charge >= 0.3 is 86.4 Å². The molecule has 0 spiro atoms. The molecule has 0 saturated carbocycles. The summed E-state index contributed by atoms with van der Waals surface area (Å²) >= 11 is 4.18. The van der Waals surface area contributed by atoms with Crippen molar-refractivity contribution in [3.8, 4) is 5.81 Å². The Balaban J connectivity index is 2.92. The van der Waals surface area contributed by atoms with Gasteiger partial charge in [0.05, 0.1) is 0 Å². The Morgan fingerprint density at radius 1 is 1.77 bits per heavy atom. The second-order valence-electron chi connectivity index (χ2n) is 1.75. The standard InChI is InChI=1S/C5H2BrN2O3PS/c6-3-2(8-5(7)13-3)4(9)11-1-12-10/h(H2,7,8). The first-order valence-electron chi connectivity index (χ1n) is 2.85. The van der Waals surface area contributed by atoms with Gasteiger partial charge in [0.2, 0.25) is 0 Å². The van der Waals surface area contributed by atoms with Crippen LogP contribution in [0.1, 0.15) is 10.5 Å². The van der Waals surface area contributed by atoms with E-state index in [4.69, 9.17) is 5.73 Å². The van der Waals surface area contributed by atoms with Gasteiger partial charge in [0.15, 0.2) is 0 Å². The number of nitrogens with zero attached hydrogens (tertiary/aromatic N) is 1. The number of anilines is 1. The number of esters is 1. The van der Waals surface area contributed by atoms with E-state index in [0.717, 1.165) is 11.3 Å². The van der Waals surface area contributed by atoms with Crippen molar-refractivity contribution in [2.45, 2.75) is 0 Å². The Labute approximate surface area is 86.5 Å². The zero-order valence-electron chi connectivity index (χ0n) is 5.98. The predicted octanol–water partition coefficient (Wildman–Crippen LogP) is 1.85. The zero-order valence-corrected chi connectivity index (χ0v) is 9.28. The molecule has 0 atom stereocenters. The van der Waals surface area contributed by atoms with Crippen LogP contribution in [0.15, 0.2) is 3.79 Å². The predicted molar refractivity (Wildman–Crippen MR) is 51.1 cm³/mol. The fraction of sp³-hybridized carbons (Fsp3) is 0. The number of thiazole rings is 1. The van der Waals surface area contributed by atoms with Gasteiger partial charge in [0.25, 0.3) is 0 Å². The number of nitrogens with two attached hydrogens (primary N) is 1. The van der Waals surface area contributed by atoms with Gasteiger partial charge in [-0.25, -0.2) is 0 Å². The summed E-state index contributed by atoms with van der Waals surface area (Å²) in [6, 6.07) is 0. The molecule has 0 radical (unpaired) electrons. The minimum absolute atomic E-state index is 0.0543. The monoisotopic (exact) mass is 280 g/mol. The third kappa shape index (κ3) is 2.67. The van der Waals surface area contributed by atoms with E-state index in [0.29, 0.717) is 3.79 Å². The number of hydrogen-bond acceptors (Lipinski definition) is 6. The molecule has 2 N–H and O–H groups in total. The number of nitrogen functional groups attached to an aromatic ring is 1. The molecule has 0 fully saturated rings. The number of aromatic nitrogens is 1. The summed E-state index contributed by atoms with van der Waals surface area (Å²) < 4.78 is 14.7. The van der Waals surface area contributed by atoms with E-state index in [1.54, 1.807) is 0 Å². The molecule has 1 aromatic heterocycles. The van der Waals surface area contributed by atoms with Gasteiger partial charge < -0.3 is 0 Å². The topological polar surface area (TPSA) is 82.3 Å². The van der Waals surface area contributed by atoms with Crippen LogP contribution in [0, 0.1) is 5.81 Å². The SMILES string of the molecule is Nc1nc(C(=O)OC#P=O)c(Br)s1. The van der Waals surface area contributed by atoms with E-state index in [-0.39, 0.29) is 10.8 Å². The fourth-order valence-electron chi connectivity index (χ4n) is 0.551. The summed E-state index contributed by atoms with van der Waals surface area (Å²) in [6.45, 7) is 0. The van der Waals surface area contributed by atoms with Crippen LogP contribution in [0.3, 0.4) is 0 Å². The van der Waals surface area contributed by atoms with Crippen LogP contribution in [-0.2, 0) is 9.30 Å². The van der Waals surface area contributed by atoms with Crippen LogP contribution in [0.2, 0.25) is 0 Å². The second-order valence-corrected chi connectivity index (χ2v) is 4.46. The van der Waals surface area contributed by atoms with Gasteiger partial charge in [-0.05, 0) is 0 Å². The molecule has 0 unspecified atom stereocenters. The van der Waals surface area contributed by atoms with Gasteiger partial charge in [-0.3, -0.25) is 0 Å². The fourth-order valence-corrected chi connectivity index (χ4v) is 1.97. The number of carbonyl (C=O) groups is 1. The Kier molecular flexibility index (Phi) is 3.69. The van der Waals surface area contributed by atoms with E-state index in [1.807, 2.05) is 5.81 Å². The van der Waals surface area contributed by atoms with Crippen LogP contribution in [0.25, 0.3) is 0 Å². The first-order valence-corrected chi connectivity index (χ1v) is 5.27. The van der Waals surface area contributed by atoms with E-state index in [2.05, 4.69) is 25.7 Å². The summed E-state index contributed by atoms with van der Waals surface area (Å²) in [4.78, 5) is 14.8. The molecule has 0 bridgehead atoms. The molecule has 8 heteroatoms. The van der Waals surface area contributed by atoms with Crippen molar-refractivity contribution in [1.82, 2.24) is 4.98 Å². The van der Waals surface area contributed by atoms with Crippen molar-refractivity contribution in [2.75, 3.05) is 5.73 Å². The third-order valence-corrected chi connectivity index (χ3v) is 2.67. The van der Waals surface area contributed by atoms with Crippen molar-refractivity contribution in [3.63, 3.8) is 0 Å². The number of hydrogen-bond donors (Lipinski definition) is 1. The van der Waals surface area contributed by atoms with E-state index < -0.39 is 13.9 Å². The molecule has 13 heavy (non-hydrogen) atoms. The second kappa shape index (κ2) is 4.58. The molecule has 0 aliphatic heterocycles. The maximum absolute atomic E-state index is 11.1. The number of rotatable bonds is 1. The van der Waals surface area contributed by atoms with Crippen LogP contribution in [0.4, 0.5) is 5.13 Å². The van der Waals surface area contributed by atoms with Gasteiger partial charge in [0.1, 0.15) is 0 Å². The summed E-state index contributed by atoms with van der Waals surface area (Å²) in [7, 11) is -0.496. The van der Waals surface area contributed by atoms with Gasteiger partial charge in [-0.2, -0.15) is 0 Å². The summed E-state index contributed by atoms with van der Waals surface area (Å²) in [5.41, 5.74) is 5.39. The van der Waals surface area contributed by atoms with Crippen molar-refractivity contribution in [2.24, 2.45) is 0 Å². The van der Waals surface area contributed by atoms with Crippen molar-refractivity contribution >= 4 is 46.3 Å². The molecular weight excluding hydrogens is 279 g/mol. The van der Waals surface area contributed by atoms with E-state index in [9.17, 15) is 9.36 Å².